The Morgan fingerprint density at radius 1 is 1.19 bits per heavy atom. The van der Waals surface area contributed by atoms with Gasteiger partial charge in [-0.25, -0.2) is 4.39 Å². The van der Waals surface area contributed by atoms with Gasteiger partial charge >= 0.3 is 6.01 Å². The van der Waals surface area contributed by atoms with Crippen LogP contribution in [0.15, 0.2) is 30.3 Å². The third kappa shape index (κ3) is 4.71. The number of likely N-dealkylation sites (N-methyl/N-ethyl adjacent to an activating group) is 2. The number of nitrogens with one attached hydrogen (secondary N) is 1. The van der Waals surface area contributed by atoms with Gasteiger partial charge in [0.25, 0.3) is 0 Å². The molecule has 37 heavy (non-hydrogen) atoms. The molecule has 0 spiro atoms. The third-order valence-electron chi connectivity index (χ3n) is 8.27. The number of likely N-dealkylation sites (tertiary alicyclic amines) is 1. The van der Waals surface area contributed by atoms with Crippen LogP contribution in [-0.4, -0.2) is 73.8 Å². The first-order chi connectivity index (χ1) is 18.0. The Labute approximate surface area is 222 Å². The van der Waals surface area contributed by atoms with Crippen LogP contribution in [0.2, 0.25) is 5.02 Å². The monoisotopic (exact) mass is 524 g/mol. The van der Waals surface area contributed by atoms with Crippen molar-refractivity contribution in [1.29, 1.82) is 0 Å². The molecule has 0 bridgehead atoms. The minimum atomic E-state index is -0.400. The minimum absolute atomic E-state index is 0.167. The molecule has 7 nitrogen and oxygen atoms in total. The van der Waals surface area contributed by atoms with E-state index in [0.717, 1.165) is 73.4 Å². The van der Waals surface area contributed by atoms with Gasteiger partial charge in [0.1, 0.15) is 18.2 Å². The summed E-state index contributed by atoms with van der Waals surface area (Å²) in [5.41, 5.74) is 3.07. The van der Waals surface area contributed by atoms with Gasteiger partial charge in [-0.05, 0) is 63.3 Å². The lowest BCUT2D eigenvalue weighted by molar-refractivity contribution is 0.187. The van der Waals surface area contributed by atoms with Crippen molar-refractivity contribution in [3.63, 3.8) is 0 Å². The lowest BCUT2D eigenvalue weighted by Gasteiger charge is -2.34. The van der Waals surface area contributed by atoms with Gasteiger partial charge in [-0.15, -0.1) is 0 Å². The first-order valence-electron chi connectivity index (χ1n) is 13.3. The number of hydrogen-bond donors (Lipinski definition) is 1. The zero-order chi connectivity index (χ0) is 25.5. The van der Waals surface area contributed by atoms with E-state index < -0.39 is 5.82 Å². The fourth-order valence-electron chi connectivity index (χ4n) is 6.01. The van der Waals surface area contributed by atoms with Gasteiger partial charge in [0.05, 0.1) is 17.3 Å². The maximum absolute atomic E-state index is 14.4. The van der Waals surface area contributed by atoms with Gasteiger partial charge in [0, 0.05) is 48.9 Å². The highest BCUT2D eigenvalue weighted by atomic mass is 35.5. The van der Waals surface area contributed by atoms with Crippen molar-refractivity contribution in [3.8, 4) is 6.01 Å². The summed E-state index contributed by atoms with van der Waals surface area (Å²) < 4.78 is 20.6. The molecule has 2 aromatic carbocycles. The Kier molecular flexibility index (Phi) is 6.82. The summed E-state index contributed by atoms with van der Waals surface area (Å²) in [6.07, 6.45) is 4.21. The fourth-order valence-corrected chi connectivity index (χ4v) is 6.28. The van der Waals surface area contributed by atoms with Crippen LogP contribution in [0.3, 0.4) is 0 Å². The standard InChI is InChI=1S/C28H34ClFN6O/c1-34-13-4-6-20(34)17-37-28-32-23-16-36(24-7-3-5-18-8-9-22(30)26(29)25(18)24)14-11-21(23)27(33-28)35(2)19-10-12-31-15-19/h3,5,7-9,19-20,31H,4,6,10-17H2,1-2H3. The Bertz CT molecular complexity index is 1300. The van der Waals surface area contributed by atoms with Crippen LogP contribution in [0.4, 0.5) is 15.9 Å². The lowest BCUT2D eigenvalue weighted by atomic mass is 10.0. The molecule has 2 saturated heterocycles. The summed E-state index contributed by atoms with van der Waals surface area (Å²) in [5, 5.41) is 5.31. The van der Waals surface area contributed by atoms with Crippen LogP contribution >= 0.6 is 11.6 Å². The molecule has 0 saturated carbocycles. The summed E-state index contributed by atoms with van der Waals surface area (Å²) in [6.45, 7) is 5.03. The number of rotatable bonds is 6. The van der Waals surface area contributed by atoms with E-state index in [-0.39, 0.29) is 5.02 Å². The number of anilines is 2. The first-order valence-corrected chi connectivity index (χ1v) is 13.7. The summed E-state index contributed by atoms with van der Waals surface area (Å²) in [5.74, 6) is 0.568. The van der Waals surface area contributed by atoms with Crippen LogP contribution in [-0.2, 0) is 13.0 Å². The average Bonchev–Trinajstić information content (AvgIpc) is 3.60. The van der Waals surface area contributed by atoms with Gasteiger partial charge in [-0.2, -0.15) is 9.97 Å². The summed E-state index contributed by atoms with van der Waals surface area (Å²) in [4.78, 5) is 16.8. The van der Waals surface area contributed by atoms with Gasteiger partial charge in [-0.3, -0.25) is 0 Å². The topological polar surface area (TPSA) is 56.8 Å². The van der Waals surface area contributed by atoms with Gasteiger partial charge in [0.15, 0.2) is 0 Å². The minimum Gasteiger partial charge on any atom is -0.462 e. The van der Waals surface area contributed by atoms with Crippen LogP contribution in [0.5, 0.6) is 6.01 Å². The molecule has 6 rings (SSSR count). The number of halogens is 2. The normalized spacial score (nSPS) is 22.0. The Hall–Kier alpha value is -2.68. The summed E-state index contributed by atoms with van der Waals surface area (Å²) in [6, 6.07) is 10.4. The molecule has 9 heteroatoms. The molecule has 3 aliphatic rings. The van der Waals surface area contributed by atoms with Gasteiger partial charge in [0.2, 0.25) is 0 Å². The average molecular weight is 525 g/mol. The second-order valence-electron chi connectivity index (χ2n) is 10.5. The smallest absolute Gasteiger partial charge is 0.318 e. The maximum atomic E-state index is 14.4. The van der Waals surface area contributed by atoms with E-state index in [4.69, 9.17) is 26.3 Å². The third-order valence-corrected chi connectivity index (χ3v) is 8.64. The van der Waals surface area contributed by atoms with Crippen LogP contribution in [0.1, 0.15) is 30.5 Å². The van der Waals surface area contributed by atoms with Gasteiger partial charge < -0.3 is 24.8 Å². The number of aromatic nitrogens is 2. The summed E-state index contributed by atoms with van der Waals surface area (Å²) >= 11 is 6.47. The molecule has 0 radical (unpaired) electrons. The van der Waals surface area contributed by atoms with Crippen molar-refractivity contribution in [2.45, 2.75) is 44.3 Å². The molecule has 3 aliphatic heterocycles. The van der Waals surface area contributed by atoms with E-state index in [2.05, 4.69) is 34.1 Å². The quantitative estimate of drug-likeness (QED) is 0.517. The fraction of sp³-hybridized carbons (Fsp3) is 0.500. The molecule has 1 aromatic heterocycles. The molecule has 0 amide bonds. The van der Waals surface area contributed by atoms with Crippen molar-refractivity contribution in [1.82, 2.24) is 20.2 Å². The number of hydrogen-bond acceptors (Lipinski definition) is 7. The highest BCUT2D eigenvalue weighted by molar-refractivity contribution is 6.36. The summed E-state index contributed by atoms with van der Waals surface area (Å²) in [7, 11) is 4.28. The number of ether oxygens (including phenoxy) is 1. The van der Waals surface area contributed by atoms with E-state index in [1.165, 1.54) is 18.1 Å². The molecule has 2 unspecified atom stereocenters. The molecule has 3 aromatic rings. The van der Waals surface area contributed by atoms with Crippen LogP contribution < -0.4 is 19.9 Å². The van der Waals surface area contributed by atoms with Crippen molar-refractivity contribution in [3.05, 3.63) is 52.4 Å². The zero-order valence-corrected chi connectivity index (χ0v) is 22.3. The second-order valence-corrected chi connectivity index (χ2v) is 10.9. The van der Waals surface area contributed by atoms with E-state index in [9.17, 15) is 4.39 Å². The largest absolute Gasteiger partial charge is 0.462 e. The van der Waals surface area contributed by atoms with Gasteiger partial charge in [-0.1, -0.05) is 29.8 Å². The van der Waals surface area contributed by atoms with Crippen LogP contribution in [0, 0.1) is 5.82 Å². The molecular weight excluding hydrogens is 491 g/mol. The molecule has 1 N–H and O–H groups in total. The molecule has 2 atom stereocenters. The van der Waals surface area contributed by atoms with Crippen molar-refractivity contribution < 1.29 is 9.13 Å². The highest BCUT2D eigenvalue weighted by Gasteiger charge is 2.30. The highest BCUT2D eigenvalue weighted by Crippen LogP contribution is 2.38. The van der Waals surface area contributed by atoms with E-state index in [0.29, 0.717) is 31.2 Å². The Morgan fingerprint density at radius 2 is 2.08 bits per heavy atom. The zero-order valence-electron chi connectivity index (χ0n) is 21.5. The van der Waals surface area contributed by atoms with Crippen molar-refractivity contribution in [2.24, 2.45) is 0 Å². The maximum Gasteiger partial charge on any atom is 0.318 e. The first kappa shape index (κ1) is 24.6. The Balaban J connectivity index is 1.35. The molecule has 0 aliphatic carbocycles. The molecule has 196 valence electrons. The van der Waals surface area contributed by atoms with Crippen molar-refractivity contribution in [2.75, 3.05) is 56.7 Å². The van der Waals surface area contributed by atoms with E-state index in [1.807, 2.05) is 18.2 Å². The SMILES string of the molecule is CN1CCCC1COc1nc2c(c(N(C)C3CCNC3)n1)CCN(c1cccc3ccc(F)c(Cl)c13)C2. The number of benzene rings is 2. The predicted molar refractivity (Wildman–Crippen MR) is 147 cm³/mol. The second kappa shape index (κ2) is 10.2. The van der Waals surface area contributed by atoms with E-state index in [1.54, 1.807) is 6.07 Å². The molecule has 2 fully saturated rings. The Morgan fingerprint density at radius 3 is 2.86 bits per heavy atom. The van der Waals surface area contributed by atoms with Crippen LogP contribution in [0.25, 0.3) is 10.8 Å². The lowest BCUT2D eigenvalue weighted by Crippen LogP contribution is -2.38. The van der Waals surface area contributed by atoms with Crippen molar-refractivity contribution >= 4 is 33.9 Å². The predicted octanol–water partition coefficient (Wildman–Crippen LogP) is 4.26. The molecule has 4 heterocycles. The van der Waals surface area contributed by atoms with E-state index >= 15 is 0 Å². The number of fused-ring (bicyclic) bond motifs is 2. The number of nitrogens with zero attached hydrogens (tertiary/aromatic N) is 5. The molecular formula is C28H34ClFN6O.